The SMILES string of the molecule is CCOc1cc(Cl)cnc1Nc1cccc(CC)n1. The highest BCUT2D eigenvalue weighted by molar-refractivity contribution is 6.30. The van der Waals surface area contributed by atoms with E-state index in [-0.39, 0.29) is 0 Å². The molecule has 5 heteroatoms. The van der Waals surface area contributed by atoms with Gasteiger partial charge in [-0.25, -0.2) is 9.97 Å². The molecule has 2 heterocycles. The van der Waals surface area contributed by atoms with Gasteiger partial charge < -0.3 is 10.1 Å². The lowest BCUT2D eigenvalue weighted by molar-refractivity contribution is 0.341. The maximum atomic E-state index is 5.92. The molecule has 0 radical (unpaired) electrons. The molecule has 2 aromatic rings. The summed E-state index contributed by atoms with van der Waals surface area (Å²) in [4.78, 5) is 8.71. The van der Waals surface area contributed by atoms with Gasteiger partial charge in [-0.1, -0.05) is 24.6 Å². The molecule has 0 unspecified atom stereocenters. The number of rotatable bonds is 5. The predicted octanol–water partition coefficient (Wildman–Crippen LogP) is 3.83. The minimum atomic E-state index is 0.546. The van der Waals surface area contributed by atoms with E-state index in [1.165, 1.54) is 0 Å². The zero-order valence-electron chi connectivity index (χ0n) is 11.0. The average Bonchev–Trinajstić information content (AvgIpc) is 2.42. The minimum Gasteiger partial charge on any atom is -0.490 e. The van der Waals surface area contributed by atoms with E-state index in [1.54, 1.807) is 12.3 Å². The zero-order chi connectivity index (χ0) is 13.7. The number of aromatic nitrogens is 2. The minimum absolute atomic E-state index is 0.546. The van der Waals surface area contributed by atoms with Crippen molar-refractivity contribution < 1.29 is 4.74 Å². The van der Waals surface area contributed by atoms with Gasteiger partial charge in [0.2, 0.25) is 0 Å². The van der Waals surface area contributed by atoms with Crippen molar-refractivity contribution in [3.63, 3.8) is 0 Å². The van der Waals surface area contributed by atoms with Crippen molar-refractivity contribution in [2.45, 2.75) is 20.3 Å². The smallest absolute Gasteiger partial charge is 0.174 e. The fraction of sp³-hybridized carbons (Fsp3) is 0.286. The number of nitrogens with zero attached hydrogens (tertiary/aromatic N) is 2. The Morgan fingerprint density at radius 1 is 1.32 bits per heavy atom. The Kier molecular flexibility index (Phi) is 4.58. The monoisotopic (exact) mass is 277 g/mol. The molecule has 0 bridgehead atoms. The first-order chi connectivity index (χ1) is 9.22. The molecule has 0 fully saturated rings. The standard InChI is InChI=1S/C14H16ClN3O/c1-3-11-6-5-7-13(17-11)18-14-12(19-4-2)8-10(15)9-16-14/h5-9H,3-4H2,1-2H3,(H,16,17,18). The predicted molar refractivity (Wildman–Crippen MR) is 77.3 cm³/mol. The summed E-state index contributed by atoms with van der Waals surface area (Å²) in [6.45, 7) is 4.54. The highest BCUT2D eigenvalue weighted by Gasteiger charge is 2.07. The first-order valence-corrected chi connectivity index (χ1v) is 6.62. The van der Waals surface area contributed by atoms with Crippen molar-refractivity contribution in [2.24, 2.45) is 0 Å². The van der Waals surface area contributed by atoms with Crippen molar-refractivity contribution in [1.82, 2.24) is 9.97 Å². The first kappa shape index (κ1) is 13.6. The van der Waals surface area contributed by atoms with Crippen LogP contribution in [0.3, 0.4) is 0 Å². The first-order valence-electron chi connectivity index (χ1n) is 6.24. The lowest BCUT2D eigenvalue weighted by Gasteiger charge is -2.11. The summed E-state index contributed by atoms with van der Waals surface area (Å²) in [6.07, 6.45) is 2.47. The molecule has 100 valence electrons. The molecule has 0 atom stereocenters. The Morgan fingerprint density at radius 3 is 2.89 bits per heavy atom. The van der Waals surface area contributed by atoms with Gasteiger partial charge in [0.25, 0.3) is 0 Å². The fourth-order valence-corrected chi connectivity index (χ4v) is 1.80. The number of ether oxygens (including phenoxy) is 1. The second kappa shape index (κ2) is 6.38. The summed E-state index contributed by atoms with van der Waals surface area (Å²) in [5.74, 6) is 1.99. The Bertz CT molecular complexity index is 560. The summed E-state index contributed by atoms with van der Waals surface area (Å²) in [5.41, 5.74) is 1.02. The van der Waals surface area contributed by atoms with Crippen LogP contribution in [0.1, 0.15) is 19.5 Å². The number of hydrogen-bond donors (Lipinski definition) is 1. The number of halogens is 1. The molecule has 2 rings (SSSR count). The summed E-state index contributed by atoms with van der Waals surface area (Å²) < 4.78 is 5.51. The third kappa shape index (κ3) is 3.58. The van der Waals surface area contributed by atoms with Crippen LogP contribution < -0.4 is 10.1 Å². The van der Waals surface area contributed by atoms with Crippen molar-refractivity contribution in [2.75, 3.05) is 11.9 Å². The molecule has 0 amide bonds. The Balaban J connectivity index is 2.26. The molecule has 0 aliphatic rings. The second-order valence-corrected chi connectivity index (χ2v) is 4.36. The number of anilines is 2. The van der Waals surface area contributed by atoms with Crippen LogP contribution in [0.5, 0.6) is 5.75 Å². The van der Waals surface area contributed by atoms with Gasteiger partial charge in [0.05, 0.1) is 11.6 Å². The van der Waals surface area contributed by atoms with Crippen LogP contribution in [-0.4, -0.2) is 16.6 Å². The van der Waals surface area contributed by atoms with Crippen LogP contribution in [0.15, 0.2) is 30.5 Å². The maximum Gasteiger partial charge on any atom is 0.174 e. The normalized spacial score (nSPS) is 10.3. The molecule has 0 spiro atoms. The van der Waals surface area contributed by atoms with Gasteiger partial charge in [-0.2, -0.15) is 0 Å². The quantitative estimate of drug-likeness (QED) is 0.902. The number of nitrogens with one attached hydrogen (secondary N) is 1. The molecule has 1 N–H and O–H groups in total. The summed E-state index contributed by atoms with van der Waals surface area (Å²) >= 11 is 5.92. The van der Waals surface area contributed by atoms with E-state index in [0.29, 0.717) is 23.2 Å². The molecular formula is C14H16ClN3O. The van der Waals surface area contributed by atoms with E-state index in [2.05, 4.69) is 22.2 Å². The number of aryl methyl sites for hydroxylation is 1. The molecule has 0 aromatic carbocycles. The van der Waals surface area contributed by atoms with Crippen LogP contribution >= 0.6 is 11.6 Å². The van der Waals surface area contributed by atoms with Gasteiger partial charge in [-0.3, -0.25) is 0 Å². The van der Waals surface area contributed by atoms with E-state index in [1.807, 2.05) is 25.1 Å². The van der Waals surface area contributed by atoms with Gasteiger partial charge >= 0.3 is 0 Å². The van der Waals surface area contributed by atoms with Gasteiger partial charge in [0, 0.05) is 18.0 Å². The highest BCUT2D eigenvalue weighted by atomic mass is 35.5. The molecule has 0 saturated heterocycles. The van der Waals surface area contributed by atoms with Crippen molar-refractivity contribution in [1.29, 1.82) is 0 Å². The lowest BCUT2D eigenvalue weighted by atomic mass is 10.3. The largest absolute Gasteiger partial charge is 0.490 e. The van der Waals surface area contributed by atoms with E-state index in [0.717, 1.165) is 17.9 Å². The third-order valence-corrected chi connectivity index (χ3v) is 2.74. The Labute approximate surface area is 117 Å². The van der Waals surface area contributed by atoms with Crippen molar-refractivity contribution in [3.05, 3.63) is 41.2 Å². The molecule has 2 aromatic heterocycles. The van der Waals surface area contributed by atoms with Crippen molar-refractivity contribution >= 4 is 23.2 Å². The lowest BCUT2D eigenvalue weighted by Crippen LogP contribution is -2.02. The molecule has 19 heavy (non-hydrogen) atoms. The second-order valence-electron chi connectivity index (χ2n) is 3.93. The summed E-state index contributed by atoms with van der Waals surface area (Å²) in [7, 11) is 0. The van der Waals surface area contributed by atoms with Crippen LogP contribution in [0.4, 0.5) is 11.6 Å². The van der Waals surface area contributed by atoms with E-state index >= 15 is 0 Å². The average molecular weight is 278 g/mol. The molecular weight excluding hydrogens is 262 g/mol. The Hall–Kier alpha value is -1.81. The molecule has 0 saturated carbocycles. The molecule has 4 nitrogen and oxygen atoms in total. The fourth-order valence-electron chi connectivity index (χ4n) is 1.65. The topological polar surface area (TPSA) is 47.0 Å². The maximum absolute atomic E-state index is 5.92. The van der Waals surface area contributed by atoms with Gasteiger partial charge in [-0.05, 0) is 25.5 Å². The number of hydrogen-bond acceptors (Lipinski definition) is 4. The number of pyridine rings is 2. The van der Waals surface area contributed by atoms with Gasteiger partial charge in [0.1, 0.15) is 5.82 Å². The van der Waals surface area contributed by atoms with E-state index < -0.39 is 0 Å². The Morgan fingerprint density at radius 2 is 2.16 bits per heavy atom. The third-order valence-electron chi connectivity index (χ3n) is 2.53. The highest BCUT2D eigenvalue weighted by Crippen LogP contribution is 2.27. The zero-order valence-corrected chi connectivity index (χ0v) is 11.7. The van der Waals surface area contributed by atoms with E-state index in [4.69, 9.17) is 16.3 Å². The van der Waals surface area contributed by atoms with Crippen molar-refractivity contribution in [3.8, 4) is 5.75 Å². The molecule has 0 aliphatic heterocycles. The van der Waals surface area contributed by atoms with Crippen LogP contribution in [0, 0.1) is 0 Å². The van der Waals surface area contributed by atoms with Gasteiger partial charge in [0.15, 0.2) is 11.6 Å². The van der Waals surface area contributed by atoms with Crippen LogP contribution in [0.25, 0.3) is 0 Å². The summed E-state index contributed by atoms with van der Waals surface area (Å²) in [6, 6.07) is 7.59. The molecule has 0 aliphatic carbocycles. The van der Waals surface area contributed by atoms with Crippen LogP contribution in [-0.2, 0) is 6.42 Å². The van der Waals surface area contributed by atoms with E-state index in [9.17, 15) is 0 Å². The van der Waals surface area contributed by atoms with Gasteiger partial charge in [-0.15, -0.1) is 0 Å². The summed E-state index contributed by atoms with van der Waals surface area (Å²) in [5, 5.41) is 3.70. The van der Waals surface area contributed by atoms with Crippen LogP contribution in [0.2, 0.25) is 5.02 Å².